The smallest absolute Gasteiger partial charge is 0.146 e. The molecule has 1 atom stereocenters. The Morgan fingerprint density at radius 1 is 1.42 bits per heavy atom. The van der Waals surface area contributed by atoms with E-state index in [-0.39, 0.29) is 11.8 Å². The number of rotatable bonds is 5. The number of hydrogen-bond donors (Lipinski definition) is 0. The van der Waals surface area contributed by atoms with E-state index in [0.717, 1.165) is 13.0 Å². The van der Waals surface area contributed by atoms with Crippen LogP contribution in [0.3, 0.4) is 0 Å². The maximum atomic E-state index is 11.2. The molecule has 0 saturated carbocycles. The van der Waals surface area contributed by atoms with Gasteiger partial charge < -0.3 is 0 Å². The third-order valence-corrected chi connectivity index (χ3v) is 2.19. The van der Waals surface area contributed by atoms with Crippen LogP contribution in [0, 0.1) is 5.92 Å². The monoisotopic (exact) mass is 171 g/mol. The molecule has 0 N–H and O–H groups in total. The topological polar surface area (TPSA) is 20.3 Å². The van der Waals surface area contributed by atoms with E-state index in [4.69, 9.17) is 0 Å². The Bertz CT molecular complexity index is 143. The molecule has 0 fully saturated rings. The third-order valence-electron chi connectivity index (χ3n) is 2.19. The summed E-state index contributed by atoms with van der Waals surface area (Å²) in [6, 6.07) is 0.120. The Morgan fingerprint density at radius 3 is 2.17 bits per heavy atom. The minimum Gasteiger partial charge on any atom is -0.298 e. The molecule has 2 nitrogen and oxygen atoms in total. The quantitative estimate of drug-likeness (QED) is 0.630. The summed E-state index contributed by atoms with van der Waals surface area (Å²) in [6.45, 7) is 9.01. The molecule has 0 aliphatic rings. The number of hydrogen-bond acceptors (Lipinski definition) is 2. The van der Waals surface area contributed by atoms with Crippen molar-refractivity contribution in [1.82, 2.24) is 4.90 Å². The van der Waals surface area contributed by atoms with Crippen molar-refractivity contribution >= 4 is 5.78 Å². The Labute approximate surface area is 75.9 Å². The molecule has 2 heteroatoms. The highest BCUT2D eigenvalue weighted by atomic mass is 16.1. The molecule has 0 saturated heterocycles. The van der Waals surface area contributed by atoms with Gasteiger partial charge in [-0.1, -0.05) is 20.8 Å². The minimum absolute atomic E-state index is 0.120. The van der Waals surface area contributed by atoms with Gasteiger partial charge in [0.25, 0.3) is 0 Å². The number of likely N-dealkylation sites (N-methyl/N-ethyl adjacent to an activating group) is 1. The lowest BCUT2D eigenvalue weighted by Crippen LogP contribution is -2.38. The molecule has 0 aromatic heterocycles. The van der Waals surface area contributed by atoms with E-state index in [2.05, 4.69) is 25.7 Å². The summed E-state index contributed by atoms with van der Waals surface area (Å²) in [6.07, 6.45) is 0.972. The van der Waals surface area contributed by atoms with Crippen molar-refractivity contribution in [1.29, 1.82) is 0 Å². The van der Waals surface area contributed by atoms with Crippen LogP contribution in [-0.2, 0) is 4.79 Å². The zero-order valence-electron chi connectivity index (χ0n) is 8.92. The molecule has 0 aromatic carbocycles. The van der Waals surface area contributed by atoms with Crippen LogP contribution in [-0.4, -0.2) is 30.3 Å². The van der Waals surface area contributed by atoms with Gasteiger partial charge in [-0.3, -0.25) is 9.69 Å². The van der Waals surface area contributed by atoms with Gasteiger partial charge in [-0.2, -0.15) is 0 Å². The summed E-state index contributed by atoms with van der Waals surface area (Å²) >= 11 is 0. The Kier molecular flexibility index (Phi) is 5.14. The van der Waals surface area contributed by atoms with Crippen LogP contribution in [0.1, 0.15) is 34.1 Å². The molecule has 0 unspecified atom stereocenters. The van der Waals surface area contributed by atoms with Crippen molar-refractivity contribution in [2.24, 2.45) is 5.92 Å². The van der Waals surface area contributed by atoms with Crippen LogP contribution in [0.4, 0.5) is 0 Å². The zero-order valence-corrected chi connectivity index (χ0v) is 8.92. The van der Waals surface area contributed by atoms with Gasteiger partial charge in [0.1, 0.15) is 5.78 Å². The predicted molar refractivity (Wildman–Crippen MR) is 52.2 cm³/mol. The predicted octanol–water partition coefficient (Wildman–Crippen LogP) is 1.94. The fraction of sp³-hybridized carbons (Fsp3) is 0.900. The molecule has 72 valence electrons. The molecule has 0 aliphatic heterocycles. The highest BCUT2D eigenvalue weighted by Crippen LogP contribution is 2.10. The maximum Gasteiger partial charge on any atom is 0.146 e. The van der Waals surface area contributed by atoms with Crippen molar-refractivity contribution in [3.8, 4) is 0 Å². The fourth-order valence-corrected chi connectivity index (χ4v) is 1.32. The molecule has 0 aromatic rings. The minimum atomic E-state index is 0.120. The van der Waals surface area contributed by atoms with E-state index in [1.807, 2.05) is 7.05 Å². The molecule has 0 rings (SSSR count). The highest BCUT2D eigenvalue weighted by Gasteiger charge is 2.18. The third kappa shape index (κ3) is 3.86. The number of ketones is 1. The molecule has 0 heterocycles. The van der Waals surface area contributed by atoms with Gasteiger partial charge in [0.2, 0.25) is 0 Å². The van der Waals surface area contributed by atoms with Gasteiger partial charge in [0.15, 0.2) is 0 Å². The first kappa shape index (κ1) is 11.6. The first-order valence-corrected chi connectivity index (χ1v) is 4.69. The van der Waals surface area contributed by atoms with Crippen LogP contribution in [0.15, 0.2) is 0 Å². The average Bonchev–Trinajstić information content (AvgIpc) is 1.98. The maximum absolute atomic E-state index is 11.2. The fourth-order valence-electron chi connectivity index (χ4n) is 1.32. The Balaban J connectivity index is 4.13. The molecular formula is C10H21NO. The van der Waals surface area contributed by atoms with Gasteiger partial charge >= 0.3 is 0 Å². The second-order valence-electron chi connectivity index (χ2n) is 3.83. The van der Waals surface area contributed by atoms with Crippen molar-refractivity contribution < 1.29 is 4.79 Å². The second-order valence-corrected chi connectivity index (χ2v) is 3.83. The van der Waals surface area contributed by atoms with Crippen molar-refractivity contribution in [3.63, 3.8) is 0 Å². The summed E-state index contributed by atoms with van der Waals surface area (Å²) in [5.74, 6) is 0.876. The second kappa shape index (κ2) is 5.31. The Morgan fingerprint density at radius 2 is 1.92 bits per heavy atom. The number of carbonyl (C=O) groups excluding carboxylic acids is 1. The first-order valence-electron chi connectivity index (χ1n) is 4.69. The van der Waals surface area contributed by atoms with Gasteiger partial charge in [0, 0.05) is 0 Å². The van der Waals surface area contributed by atoms with E-state index in [1.54, 1.807) is 6.92 Å². The van der Waals surface area contributed by atoms with Crippen LogP contribution < -0.4 is 0 Å². The van der Waals surface area contributed by atoms with Crippen molar-refractivity contribution in [2.75, 3.05) is 13.6 Å². The summed E-state index contributed by atoms with van der Waals surface area (Å²) in [5.41, 5.74) is 0. The summed E-state index contributed by atoms with van der Waals surface area (Å²) in [7, 11) is 2.01. The average molecular weight is 171 g/mol. The molecule has 0 radical (unpaired) electrons. The van der Waals surface area contributed by atoms with E-state index in [1.165, 1.54) is 0 Å². The van der Waals surface area contributed by atoms with E-state index >= 15 is 0 Å². The van der Waals surface area contributed by atoms with Crippen LogP contribution in [0.5, 0.6) is 0 Å². The Hall–Kier alpha value is -0.370. The van der Waals surface area contributed by atoms with Crippen molar-refractivity contribution in [2.45, 2.75) is 40.2 Å². The summed E-state index contributed by atoms with van der Waals surface area (Å²) in [4.78, 5) is 13.4. The number of nitrogens with zero attached hydrogens (tertiary/aromatic N) is 1. The molecule has 0 bridgehead atoms. The van der Waals surface area contributed by atoms with Crippen molar-refractivity contribution in [3.05, 3.63) is 0 Å². The lowest BCUT2D eigenvalue weighted by atomic mass is 10.00. The van der Waals surface area contributed by atoms with Gasteiger partial charge in [-0.15, -0.1) is 0 Å². The SMILES string of the molecule is CCN(C)[C@@H](CC(C)C)C(C)=O. The molecular weight excluding hydrogens is 150 g/mol. The number of carbonyl (C=O) groups is 1. The van der Waals surface area contributed by atoms with Crippen LogP contribution in [0.2, 0.25) is 0 Å². The van der Waals surface area contributed by atoms with Gasteiger partial charge in [0.05, 0.1) is 6.04 Å². The summed E-state index contributed by atoms with van der Waals surface area (Å²) in [5, 5.41) is 0. The van der Waals surface area contributed by atoms with Gasteiger partial charge in [-0.05, 0) is 32.9 Å². The molecule has 0 spiro atoms. The van der Waals surface area contributed by atoms with Gasteiger partial charge in [-0.25, -0.2) is 0 Å². The lowest BCUT2D eigenvalue weighted by Gasteiger charge is -2.25. The normalized spacial score (nSPS) is 13.9. The zero-order chi connectivity index (χ0) is 9.72. The lowest BCUT2D eigenvalue weighted by molar-refractivity contribution is -0.122. The van der Waals surface area contributed by atoms with E-state index in [0.29, 0.717) is 5.92 Å². The highest BCUT2D eigenvalue weighted by molar-refractivity contribution is 5.81. The molecule has 12 heavy (non-hydrogen) atoms. The first-order chi connectivity index (χ1) is 5.49. The standard InChI is InChI=1S/C10H21NO/c1-6-11(5)10(9(4)12)7-8(2)3/h8,10H,6-7H2,1-5H3/t10-/m0/s1. The molecule has 0 aliphatic carbocycles. The number of Topliss-reactive ketones (excluding diaryl/α,β-unsaturated/α-hetero) is 1. The van der Waals surface area contributed by atoms with E-state index in [9.17, 15) is 4.79 Å². The largest absolute Gasteiger partial charge is 0.298 e. The molecule has 0 amide bonds. The van der Waals surface area contributed by atoms with E-state index < -0.39 is 0 Å². The summed E-state index contributed by atoms with van der Waals surface area (Å²) < 4.78 is 0. The van der Waals surface area contributed by atoms with Crippen LogP contribution in [0.25, 0.3) is 0 Å². The van der Waals surface area contributed by atoms with Crippen LogP contribution >= 0.6 is 0 Å².